The van der Waals surface area contributed by atoms with Crippen molar-refractivity contribution in [2.45, 2.75) is 0 Å². The molecule has 0 spiro atoms. The van der Waals surface area contributed by atoms with Gasteiger partial charge in [-0.3, -0.25) is 0 Å². The SMILES string of the molecule is COc1ccc(N2CCN(c3ccnc(NCCN)n3)CC2)cc1. The molecule has 0 aliphatic carbocycles. The van der Waals surface area contributed by atoms with E-state index in [1.165, 1.54) is 5.69 Å². The zero-order valence-electron chi connectivity index (χ0n) is 14.0. The Morgan fingerprint density at radius 3 is 2.46 bits per heavy atom. The van der Waals surface area contributed by atoms with E-state index >= 15 is 0 Å². The van der Waals surface area contributed by atoms with Crippen molar-refractivity contribution >= 4 is 17.5 Å². The highest BCUT2D eigenvalue weighted by Gasteiger charge is 2.18. The molecule has 2 heterocycles. The summed E-state index contributed by atoms with van der Waals surface area (Å²) < 4.78 is 5.22. The predicted octanol–water partition coefficient (Wildman–Crippen LogP) is 1.18. The Labute approximate surface area is 142 Å². The third kappa shape index (κ3) is 3.86. The van der Waals surface area contributed by atoms with Crippen molar-refractivity contribution in [3.8, 4) is 5.75 Å². The highest BCUT2D eigenvalue weighted by Crippen LogP contribution is 2.22. The summed E-state index contributed by atoms with van der Waals surface area (Å²) >= 11 is 0. The minimum Gasteiger partial charge on any atom is -0.497 e. The zero-order chi connectivity index (χ0) is 16.8. The standard InChI is InChI=1S/C17H24N6O/c1-24-15-4-2-14(3-5-15)22-10-12-23(13-11-22)16-6-8-19-17(21-16)20-9-7-18/h2-6,8H,7,9-13,18H2,1H3,(H,19,20,21). The van der Waals surface area contributed by atoms with Gasteiger partial charge in [-0.15, -0.1) is 0 Å². The van der Waals surface area contributed by atoms with Crippen LogP contribution in [0.5, 0.6) is 5.75 Å². The van der Waals surface area contributed by atoms with E-state index < -0.39 is 0 Å². The molecular weight excluding hydrogens is 304 g/mol. The fraction of sp³-hybridized carbons (Fsp3) is 0.412. The Kier molecular flexibility index (Phi) is 5.32. The molecule has 0 saturated carbocycles. The van der Waals surface area contributed by atoms with Gasteiger partial charge in [0.05, 0.1) is 7.11 Å². The molecule has 2 aromatic rings. The first-order valence-electron chi connectivity index (χ1n) is 8.21. The van der Waals surface area contributed by atoms with Gasteiger partial charge in [-0.2, -0.15) is 4.98 Å². The molecule has 0 amide bonds. The van der Waals surface area contributed by atoms with Crippen molar-refractivity contribution in [3.05, 3.63) is 36.5 Å². The molecule has 1 saturated heterocycles. The van der Waals surface area contributed by atoms with Crippen LogP contribution in [0.2, 0.25) is 0 Å². The highest BCUT2D eigenvalue weighted by molar-refractivity contribution is 5.51. The number of anilines is 3. The van der Waals surface area contributed by atoms with Crippen molar-refractivity contribution in [1.82, 2.24) is 9.97 Å². The van der Waals surface area contributed by atoms with E-state index in [2.05, 4.69) is 37.2 Å². The quantitative estimate of drug-likeness (QED) is 0.824. The molecule has 7 nitrogen and oxygen atoms in total. The lowest BCUT2D eigenvalue weighted by atomic mass is 10.2. The molecule has 24 heavy (non-hydrogen) atoms. The van der Waals surface area contributed by atoms with Gasteiger partial charge in [0.25, 0.3) is 0 Å². The zero-order valence-corrected chi connectivity index (χ0v) is 14.0. The van der Waals surface area contributed by atoms with Crippen LogP contribution in [-0.4, -0.2) is 56.3 Å². The molecule has 3 rings (SSSR count). The number of rotatable bonds is 6. The van der Waals surface area contributed by atoms with Crippen molar-refractivity contribution < 1.29 is 4.74 Å². The van der Waals surface area contributed by atoms with Gasteiger partial charge in [0.1, 0.15) is 11.6 Å². The number of hydrogen-bond donors (Lipinski definition) is 2. The molecule has 0 radical (unpaired) electrons. The van der Waals surface area contributed by atoms with Crippen molar-refractivity contribution in [2.75, 3.05) is 61.5 Å². The first kappa shape index (κ1) is 16.3. The van der Waals surface area contributed by atoms with Crippen LogP contribution in [0.15, 0.2) is 36.5 Å². The van der Waals surface area contributed by atoms with Gasteiger partial charge in [-0.1, -0.05) is 0 Å². The first-order chi connectivity index (χ1) is 11.8. The fourth-order valence-corrected chi connectivity index (χ4v) is 2.78. The van der Waals surface area contributed by atoms with Crippen LogP contribution >= 0.6 is 0 Å². The average Bonchev–Trinajstić information content (AvgIpc) is 2.67. The number of ether oxygens (including phenoxy) is 1. The first-order valence-corrected chi connectivity index (χ1v) is 8.21. The van der Waals surface area contributed by atoms with E-state index in [4.69, 9.17) is 10.5 Å². The van der Waals surface area contributed by atoms with E-state index in [-0.39, 0.29) is 0 Å². The number of benzene rings is 1. The summed E-state index contributed by atoms with van der Waals surface area (Å²) in [6.07, 6.45) is 1.79. The van der Waals surface area contributed by atoms with Gasteiger partial charge < -0.3 is 25.6 Å². The van der Waals surface area contributed by atoms with Crippen LogP contribution < -0.4 is 25.6 Å². The average molecular weight is 328 g/mol. The number of nitrogens with zero attached hydrogens (tertiary/aromatic N) is 4. The minimum atomic E-state index is 0.564. The lowest BCUT2D eigenvalue weighted by Crippen LogP contribution is -2.46. The lowest BCUT2D eigenvalue weighted by Gasteiger charge is -2.36. The highest BCUT2D eigenvalue weighted by atomic mass is 16.5. The molecule has 0 unspecified atom stereocenters. The molecule has 7 heteroatoms. The molecule has 0 bridgehead atoms. The largest absolute Gasteiger partial charge is 0.497 e. The van der Waals surface area contributed by atoms with E-state index in [0.29, 0.717) is 19.0 Å². The molecule has 1 fully saturated rings. The van der Waals surface area contributed by atoms with Crippen LogP contribution in [0.3, 0.4) is 0 Å². The number of aromatic nitrogens is 2. The van der Waals surface area contributed by atoms with E-state index in [0.717, 1.165) is 37.7 Å². The summed E-state index contributed by atoms with van der Waals surface area (Å²) in [4.78, 5) is 13.5. The van der Waals surface area contributed by atoms with Gasteiger partial charge >= 0.3 is 0 Å². The Morgan fingerprint density at radius 2 is 1.79 bits per heavy atom. The van der Waals surface area contributed by atoms with Gasteiger partial charge in [-0.25, -0.2) is 4.98 Å². The maximum atomic E-state index is 5.50. The van der Waals surface area contributed by atoms with Crippen LogP contribution in [0.25, 0.3) is 0 Å². The van der Waals surface area contributed by atoms with Crippen LogP contribution in [-0.2, 0) is 0 Å². The lowest BCUT2D eigenvalue weighted by molar-refractivity contribution is 0.415. The molecule has 1 aromatic heterocycles. The second-order valence-corrected chi connectivity index (χ2v) is 5.63. The number of nitrogens with two attached hydrogens (primary N) is 1. The Balaban J connectivity index is 1.60. The maximum Gasteiger partial charge on any atom is 0.224 e. The summed E-state index contributed by atoms with van der Waals surface area (Å²) in [6, 6.07) is 10.2. The maximum absolute atomic E-state index is 5.50. The topological polar surface area (TPSA) is 79.5 Å². The fourth-order valence-electron chi connectivity index (χ4n) is 2.78. The van der Waals surface area contributed by atoms with Crippen LogP contribution in [0, 0.1) is 0 Å². The van der Waals surface area contributed by atoms with Crippen LogP contribution in [0.1, 0.15) is 0 Å². The van der Waals surface area contributed by atoms with E-state index in [1.54, 1.807) is 13.3 Å². The summed E-state index contributed by atoms with van der Waals surface area (Å²) in [5.41, 5.74) is 6.73. The second-order valence-electron chi connectivity index (χ2n) is 5.63. The minimum absolute atomic E-state index is 0.564. The van der Waals surface area contributed by atoms with Crippen molar-refractivity contribution in [1.29, 1.82) is 0 Å². The van der Waals surface area contributed by atoms with Crippen molar-refractivity contribution in [2.24, 2.45) is 5.73 Å². The third-order valence-corrected chi connectivity index (χ3v) is 4.11. The van der Waals surface area contributed by atoms with Gasteiger partial charge in [0.2, 0.25) is 5.95 Å². The van der Waals surface area contributed by atoms with E-state index in [9.17, 15) is 0 Å². The predicted molar refractivity (Wildman–Crippen MR) is 97.0 cm³/mol. The Hall–Kier alpha value is -2.54. The number of nitrogens with one attached hydrogen (secondary N) is 1. The smallest absolute Gasteiger partial charge is 0.224 e. The van der Waals surface area contributed by atoms with Crippen molar-refractivity contribution in [3.63, 3.8) is 0 Å². The normalized spacial score (nSPS) is 14.6. The molecule has 1 aliphatic heterocycles. The molecule has 0 atom stereocenters. The molecule has 1 aliphatic rings. The molecular formula is C17H24N6O. The van der Waals surface area contributed by atoms with Crippen LogP contribution in [0.4, 0.5) is 17.5 Å². The number of methoxy groups -OCH3 is 1. The summed E-state index contributed by atoms with van der Waals surface area (Å²) in [5, 5.41) is 3.12. The number of piperazine rings is 1. The molecule has 1 aromatic carbocycles. The third-order valence-electron chi connectivity index (χ3n) is 4.11. The summed E-state index contributed by atoms with van der Waals surface area (Å²) in [7, 11) is 1.69. The summed E-state index contributed by atoms with van der Waals surface area (Å²) in [5.74, 6) is 2.48. The molecule has 128 valence electrons. The van der Waals surface area contributed by atoms with E-state index in [1.807, 2.05) is 18.2 Å². The second kappa shape index (κ2) is 7.83. The van der Waals surface area contributed by atoms with Gasteiger partial charge in [0.15, 0.2) is 0 Å². The Morgan fingerprint density at radius 1 is 1.08 bits per heavy atom. The van der Waals surface area contributed by atoms with Gasteiger partial charge in [0, 0.05) is 51.2 Å². The molecule has 3 N–H and O–H groups in total. The Bertz CT molecular complexity index is 640. The van der Waals surface area contributed by atoms with Gasteiger partial charge in [-0.05, 0) is 30.3 Å². The summed E-state index contributed by atoms with van der Waals surface area (Å²) in [6.45, 7) is 5.02. The monoisotopic (exact) mass is 328 g/mol. The number of hydrogen-bond acceptors (Lipinski definition) is 7.